The lowest BCUT2D eigenvalue weighted by atomic mass is 10.00. The molecular weight excluding hydrogens is 392 g/mol. The minimum atomic E-state index is -0.526. The monoisotopic (exact) mass is 414 g/mol. The topological polar surface area (TPSA) is 78.7 Å². The Bertz CT molecular complexity index is 1240. The van der Waals surface area contributed by atoms with Gasteiger partial charge in [-0.3, -0.25) is 14.9 Å². The summed E-state index contributed by atoms with van der Waals surface area (Å²) in [5.74, 6) is -0.479. The molecule has 0 fully saturated rings. The van der Waals surface area contributed by atoms with Crippen molar-refractivity contribution in [1.29, 1.82) is 0 Å². The van der Waals surface area contributed by atoms with Gasteiger partial charge < -0.3 is 15.1 Å². The number of hydrogen-bond acceptors (Lipinski definition) is 5. The molecule has 0 atom stereocenters. The van der Waals surface area contributed by atoms with Crippen LogP contribution in [0, 0.1) is 24.0 Å². The van der Waals surface area contributed by atoms with Crippen molar-refractivity contribution in [2.24, 2.45) is 0 Å². The zero-order valence-corrected chi connectivity index (χ0v) is 17.4. The third-order valence-corrected chi connectivity index (χ3v) is 5.91. The molecule has 156 valence electrons. The summed E-state index contributed by atoms with van der Waals surface area (Å²) in [6.45, 7) is 6.35. The van der Waals surface area contributed by atoms with Gasteiger partial charge >= 0.3 is 0 Å². The number of fused-ring (bicyclic) bond motifs is 6. The Labute approximate surface area is 180 Å². The molecule has 2 aliphatic rings. The lowest BCUT2D eigenvalue weighted by molar-refractivity contribution is -0.385. The van der Waals surface area contributed by atoms with E-state index in [1.54, 1.807) is 19.1 Å². The molecule has 2 bridgehead atoms. The molecule has 7 heteroatoms. The van der Waals surface area contributed by atoms with Gasteiger partial charge in [0.2, 0.25) is 0 Å². The van der Waals surface area contributed by atoms with Crippen LogP contribution >= 0.6 is 0 Å². The SMILES string of the molecule is Cc1ccc2c(c1)CN1CN2Cc2cc(NC(=O)c3cc(C)ccc3[N+](=O)[O-])ccc21. The van der Waals surface area contributed by atoms with Crippen LogP contribution in [0.25, 0.3) is 0 Å². The maximum atomic E-state index is 12.8. The third-order valence-electron chi connectivity index (χ3n) is 5.91. The van der Waals surface area contributed by atoms with Gasteiger partial charge in [0.25, 0.3) is 11.6 Å². The van der Waals surface area contributed by atoms with E-state index in [0.717, 1.165) is 36.6 Å². The van der Waals surface area contributed by atoms with Crippen LogP contribution in [-0.4, -0.2) is 17.5 Å². The first-order chi connectivity index (χ1) is 14.9. The molecule has 0 aromatic heterocycles. The van der Waals surface area contributed by atoms with E-state index in [4.69, 9.17) is 0 Å². The number of nitro groups is 1. The largest absolute Gasteiger partial charge is 0.349 e. The van der Waals surface area contributed by atoms with Gasteiger partial charge in [-0.1, -0.05) is 23.8 Å². The van der Waals surface area contributed by atoms with Crippen molar-refractivity contribution in [2.75, 3.05) is 21.8 Å². The number of nitrogens with one attached hydrogen (secondary N) is 1. The van der Waals surface area contributed by atoms with Crippen LogP contribution in [0.5, 0.6) is 0 Å². The molecule has 3 aromatic rings. The van der Waals surface area contributed by atoms with Gasteiger partial charge in [0, 0.05) is 36.2 Å². The first kappa shape index (κ1) is 19.1. The summed E-state index contributed by atoms with van der Waals surface area (Å²) in [6, 6.07) is 17.0. The van der Waals surface area contributed by atoms with Crippen molar-refractivity contribution in [3.05, 3.63) is 92.5 Å². The molecule has 1 amide bonds. The summed E-state index contributed by atoms with van der Waals surface area (Å²) in [6.07, 6.45) is 0. The van der Waals surface area contributed by atoms with Gasteiger partial charge in [-0.25, -0.2) is 0 Å². The molecule has 5 rings (SSSR count). The normalized spacial score (nSPS) is 14.0. The van der Waals surface area contributed by atoms with Crippen molar-refractivity contribution in [3.63, 3.8) is 0 Å². The molecule has 7 nitrogen and oxygen atoms in total. The van der Waals surface area contributed by atoms with Crippen molar-refractivity contribution in [2.45, 2.75) is 26.9 Å². The predicted molar refractivity (Wildman–Crippen MR) is 121 cm³/mol. The fourth-order valence-corrected chi connectivity index (χ4v) is 4.48. The molecular formula is C24H22N4O3. The quantitative estimate of drug-likeness (QED) is 0.494. The third kappa shape index (κ3) is 3.38. The summed E-state index contributed by atoms with van der Waals surface area (Å²) in [5.41, 5.74) is 7.39. The number of rotatable bonds is 3. The maximum Gasteiger partial charge on any atom is 0.282 e. The lowest BCUT2D eigenvalue weighted by Gasteiger charge is -2.45. The molecule has 0 saturated carbocycles. The molecule has 31 heavy (non-hydrogen) atoms. The Morgan fingerprint density at radius 1 is 0.903 bits per heavy atom. The summed E-state index contributed by atoms with van der Waals surface area (Å²) in [4.78, 5) is 28.3. The summed E-state index contributed by atoms with van der Waals surface area (Å²) >= 11 is 0. The van der Waals surface area contributed by atoms with E-state index in [-0.39, 0.29) is 11.3 Å². The second-order valence-electron chi connectivity index (χ2n) is 8.24. The first-order valence-electron chi connectivity index (χ1n) is 10.2. The predicted octanol–water partition coefficient (Wildman–Crippen LogP) is 4.76. The summed E-state index contributed by atoms with van der Waals surface area (Å²) in [5, 5.41) is 14.2. The maximum absolute atomic E-state index is 12.8. The van der Waals surface area contributed by atoms with E-state index in [2.05, 4.69) is 40.2 Å². The van der Waals surface area contributed by atoms with E-state index in [1.807, 2.05) is 18.2 Å². The van der Waals surface area contributed by atoms with Crippen LogP contribution in [0.4, 0.5) is 22.7 Å². The first-order valence-corrected chi connectivity index (χ1v) is 10.2. The Kier molecular flexibility index (Phi) is 4.39. The van der Waals surface area contributed by atoms with Crippen LogP contribution < -0.4 is 15.1 Å². The van der Waals surface area contributed by atoms with Crippen LogP contribution in [0.1, 0.15) is 32.6 Å². The average Bonchev–Trinajstić information content (AvgIpc) is 2.73. The number of nitro benzene ring substituents is 1. The Morgan fingerprint density at radius 2 is 1.52 bits per heavy atom. The van der Waals surface area contributed by atoms with E-state index >= 15 is 0 Å². The van der Waals surface area contributed by atoms with Gasteiger partial charge in [0.15, 0.2) is 0 Å². The fourth-order valence-electron chi connectivity index (χ4n) is 4.48. The van der Waals surface area contributed by atoms with E-state index in [0.29, 0.717) is 5.69 Å². The number of carbonyl (C=O) groups is 1. The fraction of sp³-hybridized carbons (Fsp3) is 0.208. The van der Waals surface area contributed by atoms with Gasteiger partial charge in [0.05, 0.1) is 11.6 Å². The number of carbonyl (C=O) groups excluding carboxylic acids is 1. The number of amides is 1. The average molecular weight is 414 g/mol. The van der Waals surface area contributed by atoms with E-state index in [1.165, 1.54) is 22.9 Å². The van der Waals surface area contributed by atoms with Crippen molar-refractivity contribution in [3.8, 4) is 0 Å². The van der Waals surface area contributed by atoms with Gasteiger partial charge in [-0.05, 0) is 60.9 Å². The van der Waals surface area contributed by atoms with E-state index in [9.17, 15) is 14.9 Å². The van der Waals surface area contributed by atoms with Gasteiger partial charge in [-0.2, -0.15) is 0 Å². The molecule has 0 spiro atoms. The van der Waals surface area contributed by atoms with Crippen LogP contribution in [0.2, 0.25) is 0 Å². The Balaban J connectivity index is 1.43. The van der Waals surface area contributed by atoms with Gasteiger partial charge in [0.1, 0.15) is 5.56 Å². The highest BCUT2D eigenvalue weighted by Gasteiger charge is 2.29. The van der Waals surface area contributed by atoms with Crippen LogP contribution in [0.3, 0.4) is 0 Å². The number of anilines is 3. The number of aryl methyl sites for hydroxylation is 2. The van der Waals surface area contributed by atoms with Crippen molar-refractivity contribution >= 4 is 28.7 Å². The lowest BCUT2D eigenvalue weighted by Crippen LogP contribution is -2.46. The van der Waals surface area contributed by atoms with E-state index < -0.39 is 10.8 Å². The summed E-state index contributed by atoms with van der Waals surface area (Å²) < 4.78 is 0. The Hall–Kier alpha value is -3.87. The zero-order valence-electron chi connectivity index (χ0n) is 17.4. The van der Waals surface area contributed by atoms with Crippen LogP contribution in [-0.2, 0) is 13.1 Å². The molecule has 1 N–H and O–H groups in total. The highest BCUT2D eigenvalue weighted by atomic mass is 16.6. The highest BCUT2D eigenvalue weighted by Crippen LogP contribution is 2.39. The molecule has 0 radical (unpaired) electrons. The second-order valence-corrected chi connectivity index (χ2v) is 8.24. The minimum Gasteiger partial charge on any atom is -0.349 e. The van der Waals surface area contributed by atoms with Crippen LogP contribution in [0.15, 0.2) is 54.6 Å². The molecule has 0 saturated heterocycles. The zero-order chi connectivity index (χ0) is 21.7. The molecule has 2 aliphatic heterocycles. The standard InChI is InChI=1S/C24H22N4O3/c1-15-3-6-21-17(9-15)12-26-14-27(21)13-18-11-19(5-8-22(18)26)25-24(29)20-10-16(2)4-7-23(20)28(30)31/h3-11H,12-14H2,1-2H3,(H,25,29). The second kappa shape index (κ2) is 7.12. The smallest absolute Gasteiger partial charge is 0.282 e. The van der Waals surface area contributed by atoms with Gasteiger partial charge in [-0.15, -0.1) is 0 Å². The van der Waals surface area contributed by atoms with Crippen molar-refractivity contribution < 1.29 is 9.72 Å². The number of hydrogen-bond donors (Lipinski definition) is 1. The molecule has 0 aliphatic carbocycles. The van der Waals surface area contributed by atoms with Crippen molar-refractivity contribution in [1.82, 2.24) is 0 Å². The number of nitrogens with zero attached hydrogens (tertiary/aromatic N) is 3. The number of benzene rings is 3. The summed E-state index contributed by atoms with van der Waals surface area (Å²) in [7, 11) is 0. The molecule has 3 aromatic carbocycles. The Morgan fingerprint density at radius 3 is 2.23 bits per heavy atom. The highest BCUT2D eigenvalue weighted by molar-refractivity contribution is 6.07. The molecule has 0 unspecified atom stereocenters. The minimum absolute atomic E-state index is 0.0661. The molecule has 2 heterocycles.